The van der Waals surface area contributed by atoms with E-state index < -0.39 is 0 Å². The lowest BCUT2D eigenvalue weighted by Gasteiger charge is -2.05. The van der Waals surface area contributed by atoms with Gasteiger partial charge in [-0.15, -0.1) is 0 Å². The molecule has 2 heterocycles. The Morgan fingerprint density at radius 3 is 2.17 bits per heavy atom. The van der Waals surface area contributed by atoms with Crippen molar-refractivity contribution >= 4 is 43.5 Å². The van der Waals surface area contributed by atoms with Crippen LogP contribution in [0.15, 0.2) is 89.5 Å². The molecule has 0 amide bonds. The average Bonchev–Trinajstić information content (AvgIpc) is 3.08. The van der Waals surface area contributed by atoms with E-state index in [2.05, 4.69) is 104 Å². The summed E-state index contributed by atoms with van der Waals surface area (Å²) in [5, 5.41) is 7.30. The van der Waals surface area contributed by atoms with Gasteiger partial charge in [0.1, 0.15) is 18.2 Å². The van der Waals surface area contributed by atoms with E-state index >= 15 is 0 Å². The smallest absolute Gasteiger partial charge is 0.216 e. The zero-order valence-electron chi connectivity index (χ0n) is 16.4. The van der Waals surface area contributed by atoms with Crippen LogP contribution in [-0.4, -0.2) is 0 Å². The fourth-order valence-electron chi connectivity index (χ4n) is 4.48. The molecule has 2 aromatic heterocycles. The second kappa shape index (κ2) is 5.92. The number of fused-ring (bicyclic) bond motifs is 5. The number of rotatable bonds is 1. The maximum Gasteiger partial charge on any atom is 0.216 e. The van der Waals surface area contributed by atoms with E-state index in [0.29, 0.717) is 0 Å². The van der Waals surface area contributed by atoms with Crippen LogP contribution in [0.3, 0.4) is 0 Å². The zero-order valence-corrected chi connectivity index (χ0v) is 16.4. The van der Waals surface area contributed by atoms with E-state index in [1.165, 1.54) is 37.9 Å². The lowest BCUT2D eigenvalue weighted by molar-refractivity contribution is -0.660. The van der Waals surface area contributed by atoms with Crippen LogP contribution in [0.4, 0.5) is 0 Å². The summed E-state index contributed by atoms with van der Waals surface area (Å²) < 4.78 is 8.63. The molecule has 0 unspecified atom stereocenters. The Morgan fingerprint density at radius 2 is 1.41 bits per heavy atom. The molecule has 0 bridgehead atoms. The highest BCUT2D eigenvalue weighted by atomic mass is 16.3. The summed E-state index contributed by atoms with van der Waals surface area (Å²) in [5.41, 5.74) is 5.43. The van der Waals surface area contributed by atoms with Crippen molar-refractivity contribution in [3.05, 3.63) is 90.6 Å². The lowest BCUT2D eigenvalue weighted by Crippen LogP contribution is -2.30. The van der Waals surface area contributed by atoms with Crippen molar-refractivity contribution < 1.29 is 8.98 Å². The number of aromatic nitrogens is 1. The van der Waals surface area contributed by atoms with Gasteiger partial charge in [0.15, 0.2) is 6.20 Å². The third kappa shape index (κ3) is 2.39. The Hall–Kier alpha value is -3.65. The lowest BCUT2D eigenvalue weighted by atomic mass is 9.99. The first-order chi connectivity index (χ1) is 14.2. The minimum absolute atomic E-state index is 0.938. The summed E-state index contributed by atoms with van der Waals surface area (Å²) >= 11 is 0. The number of pyridine rings is 1. The molecule has 2 nitrogen and oxygen atoms in total. The van der Waals surface area contributed by atoms with Gasteiger partial charge in [0.2, 0.25) is 5.69 Å². The van der Waals surface area contributed by atoms with Crippen molar-refractivity contribution in [3.63, 3.8) is 0 Å². The molecule has 0 fully saturated rings. The topological polar surface area (TPSA) is 17.0 Å². The maximum absolute atomic E-state index is 6.48. The Kier molecular flexibility index (Phi) is 3.33. The van der Waals surface area contributed by atoms with Crippen LogP contribution in [0.5, 0.6) is 0 Å². The molecule has 0 radical (unpaired) electrons. The van der Waals surface area contributed by atoms with Crippen LogP contribution in [0.2, 0.25) is 0 Å². The monoisotopic (exact) mass is 374 g/mol. The molecule has 0 aliphatic heterocycles. The van der Waals surface area contributed by atoms with Gasteiger partial charge in [-0.05, 0) is 64.4 Å². The van der Waals surface area contributed by atoms with Crippen LogP contribution >= 0.6 is 0 Å². The van der Waals surface area contributed by atoms with E-state index in [1.54, 1.807) is 0 Å². The van der Waals surface area contributed by atoms with Gasteiger partial charge in [-0.25, -0.2) is 4.57 Å². The van der Waals surface area contributed by atoms with Gasteiger partial charge >= 0.3 is 0 Å². The fourth-order valence-corrected chi connectivity index (χ4v) is 4.48. The summed E-state index contributed by atoms with van der Waals surface area (Å²) in [4.78, 5) is 0. The third-order valence-electron chi connectivity index (χ3n) is 5.98. The number of benzene rings is 4. The Balaban J connectivity index is 1.73. The van der Waals surface area contributed by atoms with E-state index in [-0.39, 0.29) is 0 Å². The Bertz CT molecular complexity index is 1570. The van der Waals surface area contributed by atoms with Gasteiger partial charge in [-0.2, -0.15) is 0 Å². The highest BCUT2D eigenvalue weighted by Gasteiger charge is 2.20. The predicted molar refractivity (Wildman–Crippen MR) is 120 cm³/mol. The van der Waals surface area contributed by atoms with Crippen LogP contribution in [0, 0.1) is 6.92 Å². The number of furan rings is 1. The van der Waals surface area contributed by atoms with Crippen LogP contribution in [0.1, 0.15) is 5.56 Å². The molecule has 138 valence electrons. The SMILES string of the molecule is Cc1ccc2c(oc3cc4cc5ccccc5cc4cc32)c1-c1cccc[n+]1C. The van der Waals surface area contributed by atoms with E-state index in [0.717, 1.165) is 22.4 Å². The minimum Gasteiger partial charge on any atom is -0.455 e. The van der Waals surface area contributed by atoms with Crippen molar-refractivity contribution in [2.24, 2.45) is 7.05 Å². The minimum atomic E-state index is 0.938. The molecule has 6 rings (SSSR count). The molecule has 0 saturated heterocycles. The Labute approximate surface area is 168 Å². The van der Waals surface area contributed by atoms with Crippen molar-refractivity contribution in [2.45, 2.75) is 6.92 Å². The molecular formula is C27H20NO+. The first-order valence-electron chi connectivity index (χ1n) is 9.92. The molecule has 0 aliphatic carbocycles. The molecule has 2 heteroatoms. The van der Waals surface area contributed by atoms with Gasteiger partial charge in [0, 0.05) is 22.9 Å². The summed E-state index contributed by atoms with van der Waals surface area (Å²) in [6.07, 6.45) is 2.08. The highest BCUT2D eigenvalue weighted by Crippen LogP contribution is 2.38. The Morgan fingerprint density at radius 1 is 0.690 bits per heavy atom. The highest BCUT2D eigenvalue weighted by molar-refractivity contribution is 6.14. The average molecular weight is 374 g/mol. The number of hydrogen-bond donors (Lipinski definition) is 0. The molecule has 0 aliphatic rings. The van der Waals surface area contributed by atoms with E-state index in [9.17, 15) is 0 Å². The number of aryl methyl sites for hydroxylation is 2. The summed E-state index contributed by atoms with van der Waals surface area (Å²) in [5.74, 6) is 0. The maximum atomic E-state index is 6.48. The zero-order chi connectivity index (χ0) is 19.5. The second-order valence-electron chi connectivity index (χ2n) is 7.83. The summed E-state index contributed by atoms with van der Waals surface area (Å²) in [7, 11) is 2.08. The largest absolute Gasteiger partial charge is 0.455 e. The molecule has 0 atom stereocenters. The molecule has 0 spiro atoms. The van der Waals surface area contributed by atoms with Gasteiger partial charge in [0.25, 0.3) is 0 Å². The fraction of sp³-hybridized carbons (Fsp3) is 0.0741. The second-order valence-corrected chi connectivity index (χ2v) is 7.83. The van der Waals surface area contributed by atoms with Crippen molar-refractivity contribution in [3.8, 4) is 11.3 Å². The first-order valence-corrected chi connectivity index (χ1v) is 9.92. The van der Waals surface area contributed by atoms with Gasteiger partial charge in [-0.1, -0.05) is 36.4 Å². The van der Waals surface area contributed by atoms with Crippen molar-refractivity contribution in [1.82, 2.24) is 0 Å². The molecular weight excluding hydrogens is 354 g/mol. The standard InChI is InChI=1S/C27H20NO/c1-17-10-11-22-23-15-20-13-18-7-3-4-8-19(18)14-21(20)16-25(23)29-27(22)26(17)24-9-5-6-12-28(24)2/h3-16H,1-2H3/q+1. The molecule has 4 aromatic carbocycles. The van der Waals surface area contributed by atoms with Crippen LogP contribution < -0.4 is 4.57 Å². The van der Waals surface area contributed by atoms with Crippen LogP contribution in [-0.2, 0) is 7.05 Å². The number of nitrogens with zero attached hydrogens (tertiary/aromatic N) is 1. The normalized spacial score (nSPS) is 11.8. The van der Waals surface area contributed by atoms with Gasteiger partial charge in [-0.3, -0.25) is 0 Å². The van der Waals surface area contributed by atoms with Gasteiger partial charge < -0.3 is 4.42 Å². The third-order valence-corrected chi connectivity index (χ3v) is 5.98. The van der Waals surface area contributed by atoms with E-state index in [4.69, 9.17) is 4.42 Å². The molecule has 29 heavy (non-hydrogen) atoms. The summed E-state index contributed by atoms with van der Waals surface area (Å²) in [6, 6.07) is 28.2. The van der Waals surface area contributed by atoms with Crippen molar-refractivity contribution in [1.29, 1.82) is 0 Å². The molecule has 0 N–H and O–H groups in total. The number of hydrogen-bond acceptors (Lipinski definition) is 1. The van der Waals surface area contributed by atoms with Crippen molar-refractivity contribution in [2.75, 3.05) is 0 Å². The van der Waals surface area contributed by atoms with Crippen LogP contribution in [0.25, 0.3) is 54.7 Å². The first kappa shape index (κ1) is 16.3. The molecule has 6 aromatic rings. The quantitative estimate of drug-likeness (QED) is 0.231. The predicted octanol–water partition coefficient (Wildman–Crippen LogP) is 6.69. The van der Waals surface area contributed by atoms with Gasteiger partial charge in [0.05, 0.1) is 5.56 Å². The summed E-state index contributed by atoms with van der Waals surface area (Å²) in [6.45, 7) is 2.15. The molecule has 0 saturated carbocycles. The van der Waals surface area contributed by atoms with E-state index in [1.807, 2.05) is 0 Å².